The molecule has 98 valence electrons. The maximum absolute atomic E-state index is 12.1. The van der Waals surface area contributed by atoms with Crippen molar-refractivity contribution in [2.45, 2.75) is 26.2 Å². The number of unbranched alkanes of at least 4 members (excludes halogenated alkanes) is 1. The molecule has 1 aromatic rings. The highest BCUT2D eigenvalue weighted by Crippen LogP contribution is 2.30. The fraction of sp³-hybridized carbons (Fsp3) is 0.500. The summed E-state index contributed by atoms with van der Waals surface area (Å²) in [6.45, 7) is 4.21. The standard InChI is InChI=1S/C14H20N2O2/c1-2-3-9-15-14(17)16-10-6-11-18-13-8-5-4-7-12(13)16/h4-5,7-8H,2-3,6,9-11H2,1H3,(H,15,17). The number of ether oxygens (including phenoxy) is 1. The number of nitrogens with zero attached hydrogens (tertiary/aromatic N) is 1. The Balaban J connectivity index is 2.09. The Morgan fingerprint density at radius 2 is 2.28 bits per heavy atom. The maximum atomic E-state index is 12.1. The third-order valence-corrected chi connectivity index (χ3v) is 2.99. The van der Waals surface area contributed by atoms with Crippen molar-refractivity contribution in [1.29, 1.82) is 0 Å². The van der Waals surface area contributed by atoms with Crippen LogP contribution in [0.2, 0.25) is 0 Å². The van der Waals surface area contributed by atoms with E-state index in [1.165, 1.54) is 0 Å². The van der Waals surface area contributed by atoms with Crippen molar-refractivity contribution >= 4 is 11.7 Å². The molecule has 0 radical (unpaired) electrons. The normalized spacial score (nSPS) is 14.4. The topological polar surface area (TPSA) is 41.6 Å². The van der Waals surface area contributed by atoms with Gasteiger partial charge in [0.25, 0.3) is 0 Å². The largest absolute Gasteiger partial charge is 0.491 e. The molecule has 2 rings (SSSR count). The van der Waals surface area contributed by atoms with Gasteiger partial charge in [0, 0.05) is 13.1 Å². The Hall–Kier alpha value is -1.71. The number of benzene rings is 1. The molecule has 1 aromatic carbocycles. The molecule has 2 amide bonds. The van der Waals surface area contributed by atoms with E-state index in [0.29, 0.717) is 13.2 Å². The van der Waals surface area contributed by atoms with Crippen molar-refractivity contribution in [3.8, 4) is 5.75 Å². The fourth-order valence-electron chi connectivity index (χ4n) is 2.01. The number of nitrogens with one attached hydrogen (secondary N) is 1. The summed E-state index contributed by atoms with van der Waals surface area (Å²) in [5.41, 5.74) is 0.865. The average Bonchev–Trinajstić information content (AvgIpc) is 2.61. The third kappa shape index (κ3) is 2.94. The van der Waals surface area contributed by atoms with Crippen LogP contribution in [0.3, 0.4) is 0 Å². The molecule has 18 heavy (non-hydrogen) atoms. The Kier molecular flexibility index (Phi) is 4.45. The lowest BCUT2D eigenvalue weighted by Gasteiger charge is -2.22. The van der Waals surface area contributed by atoms with E-state index in [-0.39, 0.29) is 6.03 Å². The summed E-state index contributed by atoms with van der Waals surface area (Å²) in [6.07, 6.45) is 2.95. The highest BCUT2D eigenvalue weighted by molar-refractivity contribution is 5.93. The number of hydrogen-bond acceptors (Lipinski definition) is 2. The minimum atomic E-state index is -0.0265. The highest BCUT2D eigenvalue weighted by atomic mass is 16.5. The van der Waals surface area contributed by atoms with E-state index in [1.807, 2.05) is 24.3 Å². The second-order valence-electron chi connectivity index (χ2n) is 4.41. The maximum Gasteiger partial charge on any atom is 0.321 e. The van der Waals surface area contributed by atoms with Crippen LogP contribution in [-0.4, -0.2) is 25.7 Å². The molecule has 0 saturated heterocycles. The van der Waals surface area contributed by atoms with Crippen LogP contribution in [0.4, 0.5) is 10.5 Å². The van der Waals surface area contributed by atoms with Crippen molar-refractivity contribution < 1.29 is 9.53 Å². The Morgan fingerprint density at radius 1 is 1.44 bits per heavy atom. The van der Waals surface area contributed by atoms with Crippen LogP contribution in [0.1, 0.15) is 26.2 Å². The highest BCUT2D eigenvalue weighted by Gasteiger charge is 2.21. The molecule has 4 nitrogen and oxygen atoms in total. The zero-order chi connectivity index (χ0) is 12.8. The van der Waals surface area contributed by atoms with Crippen LogP contribution >= 0.6 is 0 Å². The summed E-state index contributed by atoms with van der Waals surface area (Å²) in [7, 11) is 0. The predicted molar refractivity (Wildman–Crippen MR) is 72.2 cm³/mol. The molecular formula is C14H20N2O2. The van der Waals surface area contributed by atoms with E-state index in [2.05, 4.69) is 12.2 Å². The van der Waals surface area contributed by atoms with Gasteiger partial charge in [0.2, 0.25) is 0 Å². The summed E-state index contributed by atoms with van der Waals surface area (Å²) in [5, 5.41) is 2.95. The van der Waals surface area contributed by atoms with Gasteiger partial charge >= 0.3 is 6.03 Å². The average molecular weight is 248 g/mol. The first kappa shape index (κ1) is 12.7. The van der Waals surface area contributed by atoms with Crippen LogP contribution in [0.25, 0.3) is 0 Å². The molecular weight excluding hydrogens is 228 g/mol. The van der Waals surface area contributed by atoms with Gasteiger partial charge in [-0.25, -0.2) is 4.79 Å². The molecule has 0 unspecified atom stereocenters. The minimum Gasteiger partial charge on any atom is -0.491 e. The molecule has 0 aromatic heterocycles. The zero-order valence-electron chi connectivity index (χ0n) is 10.8. The van der Waals surface area contributed by atoms with Crippen LogP contribution in [-0.2, 0) is 0 Å². The van der Waals surface area contributed by atoms with E-state index in [1.54, 1.807) is 4.90 Å². The summed E-state index contributed by atoms with van der Waals surface area (Å²) in [4.78, 5) is 13.9. The number of fused-ring (bicyclic) bond motifs is 1. The van der Waals surface area contributed by atoms with E-state index >= 15 is 0 Å². The van der Waals surface area contributed by atoms with E-state index in [4.69, 9.17) is 4.74 Å². The number of anilines is 1. The van der Waals surface area contributed by atoms with Crippen molar-refractivity contribution in [1.82, 2.24) is 5.32 Å². The quantitative estimate of drug-likeness (QED) is 0.836. The molecule has 0 bridgehead atoms. The molecule has 1 heterocycles. The summed E-state index contributed by atoms with van der Waals surface area (Å²) in [6, 6.07) is 7.67. The number of rotatable bonds is 3. The lowest BCUT2D eigenvalue weighted by atomic mass is 10.2. The number of para-hydroxylation sites is 2. The molecule has 0 aliphatic carbocycles. The van der Waals surface area contributed by atoms with Crippen LogP contribution in [0.15, 0.2) is 24.3 Å². The molecule has 0 fully saturated rings. The molecule has 1 aliphatic rings. The molecule has 0 saturated carbocycles. The number of carbonyl (C=O) groups excluding carboxylic acids is 1. The van der Waals surface area contributed by atoms with E-state index in [9.17, 15) is 4.79 Å². The van der Waals surface area contributed by atoms with Gasteiger partial charge in [-0.2, -0.15) is 0 Å². The van der Waals surface area contributed by atoms with Gasteiger partial charge in [-0.3, -0.25) is 4.90 Å². The Morgan fingerprint density at radius 3 is 3.11 bits per heavy atom. The van der Waals surface area contributed by atoms with Crippen molar-refractivity contribution in [2.24, 2.45) is 0 Å². The van der Waals surface area contributed by atoms with Gasteiger partial charge in [0.15, 0.2) is 0 Å². The second kappa shape index (κ2) is 6.28. The van der Waals surface area contributed by atoms with Gasteiger partial charge < -0.3 is 10.1 Å². The van der Waals surface area contributed by atoms with Gasteiger partial charge in [-0.05, 0) is 25.0 Å². The van der Waals surface area contributed by atoms with Crippen LogP contribution in [0.5, 0.6) is 5.75 Å². The molecule has 0 atom stereocenters. The molecule has 4 heteroatoms. The van der Waals surface area contributed by atoms with E-state index < -0.39 is 0 Å². The summed E-state index contributed by atoms with van der Waals surface area (Å²) < 4.78 is 5.63. The number of amides is 2. The minimum absolute atomic E-state index is 0.0265. The monoisotopic (exact) mass is 248 g/mol. The first-order valence-corrected chi connectivity index (χ1v) is 6.60. The van der Waals surface area contributed by atoms with Gasteiger partial charge in [-0.1, -0.05) is 25.5 Å². The van der Waals surface area contributed by atoms with Gasteiger partial charge in [0.05, 0.1) is 12.3 Å². The van der Waals surface area contributed by atoms with Crippen LogP contribution < -0.4 is 15.0 Å². The lowest BCUT2D eigenvalue weighted by Crippen LogP contribution is -2.40. The first-order valence-electron chi connectivity index (χ1n) is 6.60. The summed E-state index contributed by atoms with van der Waals surface area (Å²) in [5.74, 6) is 0.792. The lowest BCUT2D eigenvalue weighted by molar-refractivity contribution is 0.246. The summed E-state index contributed by atoms with van der Waals surface area (Å²) >= 11 is 0. The zero-order valence-corrected chi connectivity index (χ0v) is 10.8. The fourth-order valence-corrected chi connectivity index (χ4v) is 2.01. The first-order chi connectivity index (χ1) is 8.83. The van der Waals surface area contributed by atoms with Gasteiger partial charge in [0.1, 0.15) is 5.75 Å². The molecule has 1 aliphatic heterocycles. The SMILES string of the molecule is CCCCNC(=O)N1CCCOc2ccccc21. The number of hydrogen-bond donors (Lipinski definition) is 1. The van der Waals surface area contributed by atoms with E-state index in [0.717, 1.165) is 37.2 Å². The van der Waals surface area contributed by atoms with Crippen LogP contribution in [0, 0.1) is 0 Å². The Labute approximate surface area is 108 Å². The molecule has 1 N–H and O–H groups in total. The number of urea groups is 1. The van der Waals surface area contributed by atoms with Crippen molar-refractivity contribution in [2.75, 3.05) is 24.6 Å². The molecule has 0 spiro atoms. The van der Waals surface area contributed by atoms with Gasteiger partial charge in [-0.15, -0.1) is 0 Å². The predicted octanol–water partition coefficient (Wildman–Crippen LogP) is 2.79. The van der Waals surface area contributed by atoms with Crippen molar-refractivity contribution in [3.05, 3.63) is 24.3 Å². The van der Waals surface area contributed by atoms with Crippen molar-refractivity contribution in [3.63, 3.8) is 0 Å². The third-order valence-electron chi connectivity index (χ3n) is 2.99. The Bertz CT molecular complexity index is 407. The second-order valence-corrected chi connectivity index (χ2v) is 4.41. The smallest absolute Gasteiger partial charge is 0.321 e. The number of carbonyl (C=O) groups is 1.